The molecule has 0 aliphatic carbocycles. The summed E-state index contributed by atoms with van der Waals surface area (Å²) in [5.41, 5.74) is 0.826. The first-order valence-electron chi connectivity index (χ1n) is 6.22. The first-order chi connectivity index (χ1) is 10.2. The predicted molar refractivity (Wildman–Crippen MR) is 77.5 cm³/mol. The number of aromatic nitrogens is 1. The summed E-state index contributed by atoms with van der Waals surface area (Å²) in [4.78, 5) is 14.0. The fourth-order valence-electron chi connectivity index (χ4n) is 1.62. The van der Waals surface area contributed by atoms with Crippen molar-refractivity contribution >= 4 is 17.3 Å². The Morgan fingerprint density at radius 1 is 1.14 bits per heavy atom. The van der Waals surface area contributed by atoms with Gasteiger partial charge in [-0.1, -0.05) is 41.9 Å². The Morgan fingerprint density at radius 3 is 2.62 bits per heavy atom. The second-order valence-corrected chi connectivity index (χ2v) is 4.49. The molecule has 0 N–H and O–H groups in total. The molecule has 0 saturated carbocycles. The molecule has 0 atom stereocenters. The highest BCUT2D eigenvalue weighted by atomic mass is 35.5. The first-order valence-corrected chi connectivity index (χ1v) is 6.60. The van der Waals surface area contributed by atoms with Crippen LogP contribution >= 0.6 is 11.6 Å². The van der Waals surface area contributed by atoms with Crippen LogP contribution in [0.4, 0.5) is 5.69 Å². The van der Waals surface area contributed by atoms with Crippen LogP contribution in [0.5, 0.6) is 5.88 Å². The third kappa shape index (κ3) is 4.70. The predicted octanol–water partition coefficient (Wildman–Crippen LogP) is 3.24. The number of hydrogen-bond acceptors (Lipinski definition) is 5. The van der Waals surface area contributed by atoms with Gasteiger partial charge in [-0.15, -0.1) is 0 Å². The number of nitrogens with zero attached hydrogens (tertiary/aromatic N) is 2. The van der Waals surface area contributed by atoms with E-state index in [9.17, 15) is 10.1 Å². The van der Waals surface area contributed by atoms with Crippen molar-refractivity contribution in [2.24, 2.45) is 0 Å². The molecule has 0 bridgehead atoms. The van der Waals surface area contributed by atoms with Gasteiger partial charge in [-0.05, 0) is 11.6 Å². The third-order valence-corrected chi connectivity index (χ3v) is 2.79. The van der Waals surface area contributed by atoms with E-state index in [1.165, 1.54) is 12.1 Å². The molecule has 1 aromatic carbocycles. The topological polar surface area (TPSA) is 74.5 Å². The molecule has 6 nitrogen and oxygen atoms in total. The van der Waals surface area contributed by atoms with Gasteiger partial charge in [0.15, 0.2) is 0 Å². The van der Waals surface area contributed by atoms with Crippen LogP contribution in [0.25, 0.3) is 0 Å². The zero-order chi connectivity index (χ0) is 15.1. The minimum atomic E-state index is -0.566. The van der Waals surface area contributed by atoms with Gasteiger partial charge in [-0.3, -0.25) is 10.1 Å². The van der Waals surface area contributed by atoms with Gasteiger partial charge in [0, 0.05) is 6.07 Å². The van der Waals surface area contributed by atoms with E-state index in [0.717, 1.165) is 5.56 Å². The van der Waals surface area contributed by atoms with Crippen molar-refractivity contribution in [3.8, 4) is 5.88 Å². The maximum Gasteiger partial charge on any atom is 0.331 e. The van der Waals surface area contributed by atoms with Crippen molar-refractivity contribution in [2.75, 3.05) is 13.2 Å². The Kier molecular flexibility index (Phi) is 5.48. The van der Waals surface area contributed by atoms with Crippen molar-refractivity contribution in [1.82, 2.24) is 4.98 Å². The van der Waals surface area contributed by atoms with Gasteiger partial charge in [-0.2, -0.15) is 4.98 Å². The SMILES string of the molecule is O=[N+]([O-])c1ccc(Cl)nc1OCCOCc1ccccc1. The summed E-state index contributed by atoms with van der Waals surface area (Å²) < 4.78 is 10.7. The number of halogens is 1. The molecule has 0 saturated heterocycles. The minimum absolute atomic E-state index is 0.101. The minimum Gasteiger partial charge on any atom is -0.470 e. The van der Waals surface area contributed by atoms with Gasteiger partial charge < -0.3 is 9.47 Å². The summed E-state index contributed by atoms with van der Waals surface area (Å²) in [7, 11) is 0. The second-order valence-electron chi connectivity index (χ2n) is 4.10. The van der Waals surface area contributed by atoms with E-state index in [4.69, 9.17) is 21.1 Å². The molecule has 2 rings (SSSR count). The van der Waals surface area contributed by atoms with Crippen molar-refractivity contribution in [3.05, 3.63) is 63.3 Å². The van der Waals surface area contributed by atoms with Gasteiger partial charge in [0.2, 0.25) is 0 Å². The highest BCUT2D eigenvalue weighted by Gasteiger charge is 2.17. The smallest absolute Gasteiger partial charge is 0.331 e. The van der Waals surface area contributed by atoms with E-state index in [-0.39, 0.29) is 23.3 Å². The molecule has 1 heterocycles. The summed E-state index contributed by atoms with van der Waals surface area (Å²) in [6.07, 6.45) is 0. The average molecular weight is 309 g/mol. The van der Waals surface area contributed by atoms with Crippen LogP contribution in [-0.4, -0.2) is 23.1 Å². The lowest BCUT2D eigenvalue weighted by atomic mass is 10.2. The summed E-state index contributed by atoms with van der Waals surface area (Å²) in [6.45, 7) is 0.899. The van der Waals surface area contributed by atoms with Gasteiger partial charge in [0.25, 0.3) is 5.88 Å². The Labute approximate surface area is 126 Å². The Balaban J connectivity index is 1.81. The van der Waals surface area contributed by atoms with E-state index in [0.29, 0.717) is 13.2 Å². The zero-order valence-corrected chi connectivity index (χ0v) is 11.8. The fraction of sp³-hybridized carbons (Fsp3) is 0.214. The monoisotopic (exact) mass is 308 g/mol. The van der Waals surface area contributed by atoms with E-state index in [2.05, 4.69) is 4.98 Å². The summed E-state index contributed by atoms with van der Waals surface area (Å²) in [5.74, 6) is -0.101. The lowest BCUT2D eigenvalue weighted by Gasteiger charge is -2.07. The maximum atomic E-state index is 10.8. The van der Waals surface area contributed by atoms with Gasteiger partial charge in [0.1, 0.15) is 11.8 Å². The lowest BCUT2D eigenvalue weighted by molar-refractivity contribution is -0.386. The average Bonchev–Trinajstić information content (AvgIpc) is 2.48. The largest absolute Gasteiger partial charge is 0.470 e. The lowest BCUT2D eigenvalue weighted by Crippen LogP contribution is -2.09. The van der Waals surface area contributed by atoms with Crippen molar-refractivity contribution in [3.63, 3.8) is 0 Å². The molecule has 21 heavy (non-hydrogen) atoms. The zero-order valence-electron chi connectivity index (χ0n) is 11.1. The first kappa shape index (κ1) is 15.2. The number of hydrogen-bond donors (Lipinski definition) is 0. The number of benzene rings is 1. The molecule has 0 aliphatic rings. The highest BCUT2D eigenvalue weighted by Crippen LogP contribution is 2.25. The fourth-order valence-corrected chi connectivity index (χ4v) is 1.76. The summed E-state index contributed by atoms with van der Waals surface area (Å²) >= 11 is 5.70. The van der Waals surface area contributed by atoms with Crippen molar-refractivity contribution in [1.29, 1.82) is 0 Å². The Morgan fingerprint density at radius 2 is 1.90 bits per heavy atom. The molecule has 0 unspecified atom stereocenters. The van der Waals surface area contributed by atoms with Crippen molar-refractivity contribution in [2.45, 2.75) is 6.61 Å². The molecular formula is C14H13ClN2O4. The van der Waals surface area contributed by atoms with E-state index < -0.39 is 4.92 Å². The Bertz CT molecular complexity index is 607. The van der Waals surface area contributed by atoms with Crippen LogP contribution in [-0.2, 0) is 11.3 Å². The summed E-state index contributed by atoms with van der Waals surface area (Å²) in [5, 5.41) is 11.0. The molecule has 0 fully saturated rings. The number of nitro groups is 1. The third-order valence-electron chi connectivity index (χ3n) is 2.58. The van der Waals surface area contributed by atoms with Gasteiger partial charge in [-0.25, -0.2) is 0 Å². The molecule has 110 valence electrons. The quantitative estimate of drug-likeness (QED) is 0.340. The second kappa shape index (κ2) is 7.56. The van der Waals surface area contributed by atoms with Crippen LogP contribution in [0.3, 0.4) is 0 Å². The van der Waals surface area contributed by atoms with Crippen molar-refractivity contribution < 1.29 is 14.4 Å². The van der Waals surface area contributed by atoms with Gasteiger partial charge in [0.05, 0.1) is 18.1 Å². The standard InChI is InChI=1S/C14H13ClN2O4/c15-13-7-6-12(17(18)19)14(16-13)21-9-8-20-10-11-4-2-1-3-5-11/h1-7H,8-10H2. The van der Waals surface area contributed by atoms with E-state index in [1.807, 2.05) is 30.3 Å². The molecule has 7 heteroatoms. The van der Waals surface area contributed by atoms with E-state index >= 15 is 0 Å². The molecule has 2 aromatic rings. The maximum absolute atomic E-state index is 10.8. The summed E-state index contributed by atoms with van der Waals surface area (Å²) in [6, 6.07) is 12.3. The molecule has 0 aliphatic heterocycles. The van der Waals surface area contributed by atoms with Gasteiger partial charge >= 0.3 is 5.69 Å². The highest BCUT2D eigenvalue weighted by molar-refractivity contribution is 6.29. The molecule has 0 spiro atoms. The Hall–Kier alpha value is -2.18. The molecule has 0 amide bonds. The molecular weight excluding hydrogens is 296 g/mol. The molecule has 1 aromatic heterocycles. The normalized spacial score (nSPS) is 10.3. The van der Waals surface area contributed by atoms with Crippen LogP contribution in [0, 0.1) is 10.1 Å². The van der Waals surface area contributed by atoms with Crippen LogP contribution in [0.2, 0.25) is 5.15 Å². The number of rotatable bonds is 7. The van der Waals surface area contributed by atoms with Crippen LogP contribution < -0.4 is 4.74 Å². The van der Waals surface area contributed by atoms with Crippen LogP contribution in [0.1, 0.15) is 5.56 Å². The molecule has 0 radical (unpaired) electrons. The van der Waals surface area contributed by atoms with E-state index in [1.54, 1.807) is 0 Å². The number of ether oxygens (including phenoxy) is 2. The number of pyridine rings is 1. The van der Waals surface area contributed by atoms with Crippen LogP contribution in [0.15, 0.2) is 42.5 Å².